The lowest BCUT2D eigenvalue weighted by Gasteiger charge is -2.33. The number of nitrogens with zero attached hydrogens (tertiary/aromatic N) is 2. The van der Waals surface area contributed by atoms with E-state index in [2.05, 4.69) is 5.32 Å². The van der Waals surface area contributed by atoms with Gasteiger partial charge in [-0.3, -0.25) is 13.9 Å². The van der Waals surface area contributed by atoms with Crippen LogP contribution in [0.2, 0.25) is 5.02 Å². The molecule has 0 aliphatic carbocycles. The van der Waals surface area contributed by atoms with Gasteiger partial charge in [0.1, 0.15) is 24.1 Å². The second-order valence-corrected chi connectivity index (χ2v) is 13.3. The Kier molecular flexibility index (Phi) is 11.5. The summed E-state index contributed by atoms with van der Waals surface area (Å²) < 4.78 is 35.4. The Morgan fingerprint density at radius 1 is 0.729 bits per heavy atom. The molecule has 5 aromatic rings. The molecule has 0 bridgehead atoms. The van der Waals surface area contributed by atoms with E-state index in [0.29, 0.717) is 23.1 Å². The number of ether oxygens (including phenoxy) is 1. The molecule has 1 N–H and O–H groups in total. The van der Waals surface area contributed by atoms with Gasteiger partial charge in [0, 0.05) is 24.5 Å². The van der Waals surface area contributed by atoms with Crippen LogP contribution in [0.5, 0.6) is 11.5 Å². The van der Waals surface area contributed by atoms with Crippen LogP contribution in [-0.2, 0) is 32.6 Å². The number of hydrogen-bond acceptors (Lipinski definition) is 5. The van der Waals surface area contributed by atoms with E-state index in [0.717, 1.165) is 15.4 Å². The summed E-state index contributed by atoms with van der Waals surface area (Å²) in [4.78, 5) is 29.6. The summed E-state index contributed by atoms with van der Waals surface area (Å²) in [7, 11) is -4.22. The molecule has 5 aromatic carbocycles. The normalized spacial score (nSPS) is 11.7. The number of amides is 2. The van der Waals surface area contributed by atoms with Crippen molar-refractivity contribution >= 4 is 39.1 Å². The molecule has 0 saturated heterocycles. The molecule has 5 rings (SSSR count). The molecule has 0 aromatic heterocycles. The third-order valence-corrected chi connectivity index (χ3v) is 9.64. The third kappa shape index (κ3) is 8.82. The molecular formula is C38H36ClN3O5S. The molecule has 2 amide bonds. The number of sulfonamides is 1. The van der Waals surface area contributed by atoms with Gasteiger partial charge >= 0.3 is 0 Å². The topological polar surface area (TPSA) is 96.0 Å². The lowest BCUT2D eigenvalue weighted by atomic mass is 10.0. The molecule has 8 nitrogen and oxygen atoms in total. The molecule has 48 heavy (non-hydrogen) atoms. The zero-order valence-corrected chi connectivity index (χ0v) is 28.0. The number of anilines is 1. The molecule has 246 valence electrons. The number of carbonyl (C=O) groups excluding carboxylic acids is 2. The Bertz CT molecular complexity index is 1890. The van der Waals surface area contributed by atoms with Gasteiger partial charge in [0.05, 0.1) is 10.6 Å². The molecular weight excluding hydrogens is 646 g/mol. The first-order valence-electron chi connectivity index (χ1n) is 15.5. The van der Waals surface area contributed by atoms with E-state index >= 15 is 0 Å². The summed E-state index contributed by atoms with van der Waals surface area (Å²) in [5, 5.41) is 3.39. The lowest BCUT2D eigenvalue weighted by molar-refractivity contribution is -0.140. The predicted molar refractivity (Wildman–Crippen MR) is 189 cm³/mol. The van der Waals surface area contributed by atoms with E-state index in [4.69, 9.17) is 16.3 Å². The molecule has 0 saturated carbocycles. The maximum atomic E-state index is 14.5. The fraction of sp³-hybridized carbons (Fsp3) is 0.158. The standard InChI is InChI=1S/C38H36ClN3O5S/c1-2-40-38(44)36(26-29-12-6-3-7-13-29)41(27-30-18-20-31(39)21-19-30)37(43)28-42(48(45,46)35-16-10-5-11-17-35)32-22-24-34(25-23-32)47-33-14-8-4-9-15-33/h3-25,36H,2,26-28H2,1H3,(H,40,44). The average molecular weight is 682 g/mol. The largest absolute Gasteiger partial charge is 0.457 e. The second kappa shape index (κ2) is 16.1. The number of rotatable bonds is 14. The Morgan fingerprint density at radius 2 is 1.29 bits per heavy atom. The van der Waals surface area contributed by atoms with Gasteiger partial charge < -0.3 is 15.0 Å². The molecule has 1 atom stereocenters. The summed E-state index contributed by atoms with van der Waals surface area (Å²) in [6.07, 6.45) is 0.225. The van der Waals surface area contributed by atoms with Crippen LogP contribution < -0.4 is 14.4 Å². The zero-order valence-electron chi connectivity index (χ0n) is 26.4. The van der Waals surface area contributed by atoms with Crippen molar-refractivity contribution in [3.63, 3.8) is 0 Å². The molecule has 1 unspecified atom stereocenters. The van der Waals surface area contributed by atoms with Gasteiger partial charge in [0.15, 0.2) is 0 Å². The van der Waals surface area contributed by atoms with Gasteiger partial charge in [-0.1, -0.05) is 90.5 Å². The molecule has 10 heteroatoms. The van der Waals surface area contributed by atoms with Crippen LogP contribution in [0.25, 0.3) is 0 Å². The van der Waals surface area contributed by atoms with Gasteiger partial charge in [-0.05, 0) is 78.7 Å². The molecule has 0 aliphatic rings. The van der Waals surface area contributed by atoms with Crippen molar-refractivity contribution < 1.29 is 22.7 Å². The van der Waals surface area contributed by atoms with Gasteiger partial charge in [-0.25, -0.2) is 8.42 Å². The minimum Gasteiger partial charge on any atom is -0.457 e. The maximum absolute atomic E-state index is 14.5. The first-order valence-corrected chi connectivity index (χ1v) is 17.3. The number of halogens is 1. The van der Waals surface area contributed by atoms with Crippen LogP contribution in [0.15, 0.2) is 144 Å². The molecule has 0 radical (unpaired) electrons. The smallest absolute Gasteiger partial charge is 0.264 e. The highest BCUT2D eigenvalue weighted by Gasteiger charge is 2.34. The van der Waals surface area contributed by atoms with Crippen molar-refractivity contribution in [2.75, 3.05) is 17.4 Å². The first kappa shape index (κ1) is 34.2. The van der Waals surface area contributed by atoms with Crippen molar-refractivity contribution in [2.45, 2.75) is 30.8 Å². The fourth-order valence-corrected chi connectivity index (χ4v) is 6.75. The number of para-hydroxylation sites is 1. The number of nitrogens with one attached hydrogen (secondary N) is 1. The Labute approximate surface area is 286 Å². The van der Waals surface area contributed by atoms with E-state index in [1.165, 1.54) is 17.0 Å². The molecule has 0 heterocycles. The number of likely N-dealkylation sites (N-methyl/N-ethyl adjacent to an activating group) is 1. The van der Waals surface area contributed by atoms with Crippen LogP contribution in [0.1, 0.15) is 18.1 Å². The van der Waals surface area contributed by atoms with Crippen molar-refractivity contribution in [1.82, 2.24) is 10.2 Å². The highest BCUT2D eigenvalue weighted by atomic mass is 35.5. The molecule has 0 aliphatic heterocycles. The van der Waals surface area contributed by atoms with Gasteiger partial charge in [-0.15, -0.1) is 0 Å². The highest BCUT2D eigenvalue weighted by molar-refractivity contribution is 7.92. The lowest BCUT2D eigenvalue weighted by Crippen LogP contribution is -2.53. The molecule has 0 spiro atoms. The average Bonchev–Trinajstić information content (AvgIpc) is 3.11. The number of hydrogen-bond donors (Lipinski definition) is 1. The van der Waals surface area contributed by atoms with E-state index in [-0.39, 0.29) is 29.5 Å². The van der Waals surface area contributed by atoms with Crippen LogP contribution in [0, 0.1) is 0 Å². The monoisotopic (exact) mass is 681 g/mol. The van der Waals surface area contributed by atoms with Crippen molar-refractivity contribution in [3.8, 4) is 11.5 Å². The third-order valence-electron chi connectivity index (χ3n) is 7.60. The summed E-state index contributed by atoms with van der Waals surface area (Å²) >= 11 is 6.15. The van der Waals surface area contributed by atoms with E-state index in [1.807, 2.05) is 67.6 Å². The molecule has 0 fully saturated rings. The van der Waals surface area contributed by atoms with E-state index < -0.39 is 28.5 Å². The van der Waals surface area contributed by atoms with Crippen molar-refractivity contribution in [3.05, 3.63) is 156 Å². The quantitative estimate of drug-likeness (QED) is 0.135. The summed E-state index contributed by atoms with van der Waals surface area (Å²) in [5.74, 6) is 0.225. The fourth-order valence-electron chi connectivity index (χ4n) is 5.19. The van der Waals surface area contributed by atoms with Crippen LogP contribution in [-0.4, -0.2) is 44.3 Å². The Hall–Kier alpha value is -5.12. The predicted octanol–water partition coefficient (Wildman–Crippen LogP) is 7.10. The Morgan fingerprint density at radius 3 is 1.90 bits per heavy atom. The zero-order chi connectivity index (χ0) is 33.9. The minimum atomic E-state index is -4.22. The van der Waals surface area contributed by atoms with Gasteiger partial charge in [0.2, 0.25) is 11.8 Å². The number of benzene rings is 5. The summed E-state index contributed by atoms with van der Waals surface area (Å²) in [6.45, 7) is 1.66. The van der Waals surface area contributed by atoms with Crippen LogP contribution >= 0.6 is 11.6 Å². The van der Waals surface area contributed by atoms with Crippen LogP contribution in [0.4, 0.5) is 5.69 Å². The highest BCUT2D eigenvalue weighted by Crippen LogP contribution is 2.29. The Balaban J connectivity index is 1.53. The maximum Gasteiger partial charge on any atom is 0.264 e. The summed E-state index contributed by atoms with van der Waals surface area (Å²) in [6, 6.07) is 39.1. The van der Waals surface area contributed by atoms with Crippen molar-refractivity contribution in [1.29, 1.82) is 0 Å². The number of carbonyl (C=O) groups is 2. The van der Waals surface area contributed by atoms with E-state index in [9.17, 15) is 18.0 Å². The SMILES string of the molecule is CCNC(=O)C(Cc1ccccc1)N(Cc1ccc(Cl)cc1)C(=O)CN(c1ccc(Oc2ccccc2)cc1)S(=O)(=O)c1ccccc1. The van der Waals surface area contributed by atoms with Crippen LogP contribution in [0.3, 0.4) is 0 Å². The van der Waals surface area contributed by atoms with Crippen molar-refractivity contribution in [2.24, 2.45) is 0 Å². The minimum absolute atomic E-state index is 0.0243. The summed E-state index contributed by atoms with van der Waals surface area (Å²) in [5.41, 5.74) is 1.84. The van der Waals surface area contributed by atoms with E-state index in [1.54, 1.807) is 66.7 Å². The second-order valence-electron chi connectivity index (χ2n) is 11.0. The first-order chi connectivity index (χ1) is 23.2. The van der Waals surface area contributed by atoms with Gasteiger partial charge in [-0.2, -0.15) is 0 Å². The van der Waals surface area contributed by atoms with Gasteiger partial charge in [0.25, 0.3) is 10.0 Å².